The van der Waals surface area contributed by atoms with Crippen LogP contribution in [-0.2, 0) is 6.42 Å². The Bertz CT molecular complexity index is 569. The number of benzene rings is 2. The summed E-state index contributed by atoms with van der Waals surface area (Å²) in [7, 11) is 1.82. The Morgan fingerprint density at radius 1 is 0.950 bits per heavy atom. The SMILES string of the molecule is CNC(CCc1ccc(F)c(F)c1F)c1ccccc1. The largest absolute Gasteiger partial charge is 0.313 e. The molecule has 0 fully saturated rings. The van der Waals surface area contributed by atoms with Gasteiger partial charge in [0.2, 0.25) is 0 Å². The van der Waals surface area contributed by atoms with Gasteiger partial charge in [0.15, 0.2) is 17.5 Å². The molecule has 0 amide bonds. The molecule has 2 aromatic carbocycles. The quantitative estimate of drug-likeness (QED) is 0.816. The van der Waals surface area contributed by atoms with Gasteiger partial charge in [0.25, 0.3) is 0 Å². The van der Waals surface area contributed by atoms with Crippen LogP contribution in [0.3, 0.4) is 0 Å². The van der Waals surface area contributed by atoms with Gasteiger partial charge in [0.05, 0.1) is 0 Å². The zero-order valence-corrected chi connectivity index (χ0v) is 11.2. The number of hydrogen-bond acceptors (Lipinski definition) is 1. The Hall–Kier alpha value is -1.81. The molecule has 0 saturated heterocycles. The van der Waals surface area contributed by atoms with Crippen LogP contribution in [0.4, 0.5) is 13.2 Å². The first kappa shape index (κ1) is 14.6. The maximum Gasteiger partial charge on any atom is 0.194 e. The van der Waals surface area contributed by atoms with Crippen LogP contribution in [0.25, 0.3) is 0 Å². The summed E-state index contributed by atoms with van der Waals surface area (Å²) in [6, 6.07) is 12.0. The molecule has 0 heterocycles. The van der Waals surface area contributed by atoms with Gasteiger partial charge in [0.1, 0.15) is 0 Å². The average Bonchev–Trinajstić information content (AvgIpc) is 2.48. The zero-order chi connectivity index (χ0) is 14.5. The van der Waals surface area contributed by atoms with E-state index in [1.807, 2.05) is 37.4 Å². The maximum atomic E-state index is 13.6. The lowest BCUT2D eigenvalue weighted by Gasteiger charge is -2.16. The van der Waals surface area contributed by atoms with Crippen molar-refractivity contribution in [3.8, 4) is 0 Å². The van der Waals surface area contributed by atoms with Crippen molar-refractivity contribution in [1.82, 2.24) is 5.32 Å². The van der Waals surface area contributed by atoms with Crippen LogP contribution in [-0.4, -0.2) is 7.05 Å². The van der Waals surface area contributed by atoms with E-state index in [-0.39, 0.29) is 11.6 Å². The fourth-order valence-electron chi connectivity index (χ4n) is 2.22. The fraction of sp³-hybridized carbons (Fsp3) is 0.250. The lowest BCUT2D eigenvalue weighted by Crippen LogP contribution is -2.17. The minimum atomic E-state index is -1.40. The molecular formula is C16H16F3N. The highest BCUT2D eigenvalue weighted by Crippen LogP contribution is 2.21. The average molecular weight is 279 g/mol. The zero-order valence-electron chi connectivity index (χ0n) is 11.2. The molecule has 1 nitrogen and oxygen atoms in total. The van der Waals surface area contributed by atoms with Gasteiger partial charge in [0, 0.05) is 6.04 Å². The number of nitrogens with one attached hydrogen (secondary N) is 1. The standard InChI is InChI=1S/C16H16F3N/c1-20-14(11-5-3-2-4-6-11)10-8-12-7-9-13(17)16(19)15(12)18/h2-7,9,14,20H,8,10H2,1H3. The van der Waals surface area contributed by atoms with Gasteiger partial charge >= 0.3 is 0 Å². The van der Waals surface area contributed by atoms with Crippen molar-refractivity contribution in [3.05, 3.63) is 71.0 Å². The Balaban J connectivity index is 2.10. The van der Waals surface area contributed by atoms with E-state index >= 15 is 0 Å². The molecule has 4 heteroatoms. The second-order valence-electron chi connectivity index (χ2n) is 4.63. The van der Waals surface area contributed by atoms with Crippen LogP contribution in [0.5, 0.6) is 0 Å². The number of hydrogen-bond donors (Lipinski definition) is 1. The van der Waals surface area contributed by atoms with Crippen molar-refractivity contribution in [2.75, 3.05) is 7.05 Å². The van der Waals surface area contributed by atoms with E-state index < -0.39 is 17.5 Å². The second-order valence-corrected chi connectivity index (χ2v) is 4.63. The predicted octanol–water partition coefficient (Wildman–Crippen LogP) is 4.00. The molecule has 0 bridgehead atoms. The summed E-state index contributed by atoms with van der Waals surface area (Å²) in [4.78, 5) is 0. The molecule has 0 aliphatic rings. The minimum absolute atomic E-state index is 0.0451. The Labute approximate surface area is 116 Å². The normalized spacial score (nSPS) is 12.4. The Kier molecular flexibility index (Phi) is 4.79. The van der Waals surface area contributed by atoms with Gasteiger partial charge in [-0.15, -0.1) is 0 Å². The molecule has 0 saturated carbocycles. The first-order chi connectivity index (χ1) is 9.63. The summed E-state index contributed by atoms with van der Waals surface area (Å²) >= 11 is 0. The van der Waals surface area contributed by atoms with Gasteiger partial charge in [-0.1, -0.05) is 36.4 Å². The predicted molar refractivity (Wildman–Crippen MR) is 72.9 cm³/mol. The summed E-state index contributed by atoms with van der Waals surface area (Å²) < 4.78 is 39.6. The van der Waals surface area contributed by atoms with Crippen LogP contribution in [0, 0.1) is 17.5 Å². The van der Waals surface area contributed by atoms with Crippen molar-refractivity contribution in [3.63, 3.8) is 0 Å². The van der Waals surface area contributed by atoms with E-state index in [4.69, 9.17) is 0 Å². The van der Waals surface area contributed by atoms with E-state index in [1.54, 1.807) is 0 Å². The molecular weight excluding hydrogens is 263 g/mol. The van der Waals surface area contributed by atoms with Crippen LogP contribution >= 0.6 is 0 Å². The summed E-state index contributed by atoms with van der Waals surface area (Å²) in [5.41, 5.74) is 1.28. The van der Waals surface area contributed by atoms with E-state index in [0.29, 0.717) is 12.8 Å². The molecule has 1 N–H and O–H groups in total. The molecule has 20 heavy (non-hydrogen) atoms. The van der Waals surface area contributed by atoms with Crippen LogP contribution in [0.1, 0.15) is 23.6 Å². The van der Waals surface area contributed by atoms with Gasteiger partial charge in [-0.3, -0.25) is 0 Å². The molecule has 0 aliphatic heterocycles. The minimum Gasteiger partial charge on any atom is -0.313 e. The first-order valence-electron chi connectivity index (χ1n) is 6.48. The lowest BCUT2D eigenvalue weighted by molar-refractivity contribution is 0.437. The summed E-state index contributed by atoms with van der Waals surface area (Å²) in [5, 5.41) is 3.14. The van der Waals surface area contributed by atoms with Crippen molar-refractivity contribution >= 4 is 0 Å². The van der Waals surface area contributed by atoms with Gasteiger partial charge in [-0.05, 0) is 37.1 Å². The molecule has 0 aliphatic carbocycles. The topological polar surface area (TPSA) is 12.0 Å². The highest BCUT2D eigenvalue weighted by Gasteiger charge is 2.15. The summed E-state index contributed by atoms with van der Waals surface area (Å²) in [6.45, 7) is 0. The molecule has 0 aromatic heterocycles. The van der Waals surface area contributed by atoms with E-state index in [9.17, 15) is 13.2 Å². The van der Waals surface area contributed by atoms with Crippen molar-refractivity contribution < 1.29 is 13.2 Å². The molecule has 106 valence electrons. The molecule has 0 spiro atoms. The third kappa shape index (κ3) is 3.20. The molecule has 2 rings (SSSR count). The molecule has 1 unspecified atom stereocenters. The molecule has 0 radical (unpaired) electrons. The maximum absolute atomic E-state index is 13.6. The summed E-state index contributed by atoms with van der Waals surface area (Å²) in [5.74, 6) is -3.64. The van der Waals surface area contributed by atoms with Gasteiger partial charge in [-0.25, -0.2) is 13.2 Å². The van der Waals surface area contributed by atoms with E-state index in [1.165, 1.54) is 6.07 Å². The van der Waals surface area contributed by atoms with Crippen LogP contribution in [0.2, 0.25) is 0 Å². The van der Waals surface area contributed by atoms with Crippen molar-refractivity contribution in [2.45, 2.75) is 18.9 Å². The lowest BCUT2D eigenvalue weighted by atomic mass is 9.99. The second kappa shape index (κ2) is 6.57. The third-order valence-electron chi connectivity index (χ3n) is 3.37. The van der Waals surface area contributed by atoms with Crippen LogP contribution < -0.4 is 5.32 Å². The first-order valence-corrected chi connectivity index (χ1v) is 6.48. The monoisotopic (exact) mass is 279 g/mol. The number of halogens is 3. The molecule has 1 atom stereocenters. The van der Waals surface area contributed by atoms with Crippen molar-refractivity contribution in [2.24, 2.45) is 0 Å². The fourth-order valence-corrected chi connectivity index (χ4v) is 2.22. The highest BCUT2D eigenvalue weighted by molar-refractivity contribution is 5.22. The van der Waals surface area contributed by atoms with Gasteiger partial charge in [-0.2, -0.15) is 0 Å². The van der Waals surface area contributed by atoms with E-state index in [2.05, 4.69) is 5.32 Å². The summed E-state index contributed by atoms with van der Waals surface area (Å²) in [6.07, 6.45) is 0.936. The van der Waals surface area contributed by atoms with Gasteiger partial charge < -0.3 is 5.32 Å². The number of rotatable bonds is 5. The molecule has 2 aromatic rings. The van der Waals surface area contributed by atoms with Crippen LogP contribution in [0.15, 0.2) is 42.5 Å². The van der Waals surface area contributed by atoms with E-state index in [0.717, 1.165) is 11.6 Å². The number of aryl methyl sites for hydroxylation is 1. The third-order valence-corrected chi connectivity index (χ3v) is 3.37. The van der Waals surface area contributed by atoms with Crippen molar-refractivity contribution in [1.29, 1.82) is 0 Å². The Morgan fingerprint density at radius 2 is 1.65 bits per heavy atom. The Morgan fingerprint density at radius 3 is 2.30 bits per heavy atom. The highest BCUT2D eigenvalue weighted by atomic mass is 19.2. The smallest absolute Gasteiger partial charge is 0.194 e.